The molecule has 2 rings (SSSR count). The first-order chi connectivity index (χ1) is 10.2. The number of amides is 1. The molecule has 0 aliphatic carbocycles. The third-order valence-corrected chi connectivity index (χ3v) is 2.83. The Morgan fingerprint density at radius 3 is 2.86 bits per heavy atom. The second-order valence-electron chi connectivity index (χ2n) is 4.74. The predicted octanol–water partition coefficient (Wildman–Crippen LogP) is 1.05. The smallest absolute Gasteiger partial charge is 0.407 e. The maximum atomic E-state index is 11.7. The summed E-state index contributed by atoms with van der Waals surface area (Å²) < 4.78 is 6.79. The van der Waals surface area contributed by atoms with Gasteiger partial charge in [-0.2, -0.15) is 0 Å². The minimum atomic E-state index is -0.453. The molecule has 0 saturated carbocycles. The van der Waals surface area contributed by atoms with Gasteiger partial charge in [-0.05, 0) is 12.5 Å². The van der Waals surface area contributed by atoms with Crippen molar-refractivity contribution in [1.82, 2.24) is 20.3 Å². The van der Waals surface area contributed by atoms with Crippen LogP contribution in [-0.4, -0.2) is 27.1 Å². The molecule has 0 fully saturated rings. The number of nitrogens with two attached hydrogens (primary N) is 1. The van der Waals surface area contributed by atoms with Crippen LogP contribution in [0.15, 0.2) is 36.5 Å². The molecule has 7 heteroatoms. The fourth-order valence-electron chi connectivity index (χ4n) is 1.81. The number of rotatable bonds is 6. The summed E-state index contributed by atoms with van der Waals surface area (Å²) in [5.41, 5.74) is 7.13. The van der Waals surface area contributed by atoms with E-state index in [1.54, 1.807) is 10.9 Å². The van der Waals surface area contributed by atoms with E-state index in [1.165, 1.54) is 0 Å². The summed E-state index contributed by atoms with van der Waals surface area (Å²) in [4.78, 5) is 11.7. The van der Waals surface area contributed by atoms with Gasteiger partial charge in [0.25, 0.3) is 0 Å². The van der Waals surface area contributed by atoms with Crippen LogP contribution >= 0.6 is 0 Å². The lowest BCUT2D eigenvalue weighted by Gasteiger charge is -2.13. The molecule has 0 radical (unpaired) electrons. The lowest BCUT2D eigenvalue weighted by atomic mass is 10.2. The number of hydrogen-bond donors (Lipinski definition) is 2. The Kier molecular flexibility index (Phi) is 5.28. The standard InChI is InChI=1S/C14H19N5O2/c1-11(8-19-9-13(7-15)17-18-19)16-14(20)21-10-12-5-3-2-4-6-12/h2-6,9,11H,7-8,10,15H2,1H3,(H,16,20)/t11-/m1/s1. The third kappa shape index (κ3) is 4.88. The van der Waals surface area contributed by atoms with E-state index in [4.69, 9.17) is 10.5 Å². The Hall–Kier alpha value is -2.41. The van der Waals surface area contributed by atoms with Crippen molar-refractivity contribution >= 4 is 6.09 Å². The van der Waals surface area contributed by atoms with Crippen LogP contribution in [0.4, 0.5) is 4.79 Å². The van der Waals surface area contributed by atoms with Crippen LogP contribution in [0.5, 0.6) is 0 Å². The molecule has 112 valence electrons. The topological polar surface area (TPSA) is 95.1 Å². The van der Waals surface area contributed by atoms with Gasteiger partial charge in [0.15, 0.2) is 0 Å². The number of nitrogens with one attached hydrogen (secondary N) is 1. The number of carbonyl (C=O) groups excluding carboxylic acids is 1. The zero-order valence-corrected chi connectivity index (χ0v) is 11.9. The largest absolute Gasteiger partial charge is 0.445 e. The lowest BCUT2D eigenvalue weighted by molar-refractivity contribution is 0.135. The molecule has 0 spiro atoms. The summed E-state index contributed by atoms with van der Waals surface area (Å²) in [7, 11) is 0. The molecule has 0 bridgehead atoms. The Morgan fingerprint density at radius 2 is 2.19 bits per heavy atom. The average molecular weight is 289 g/mol. The first kappa shape index (κ1) is 15.0. The molecule has 1 aromatic carbocycles. The summed E-state index contributed by atoms with van der Waals surface area (Å²) in [5.74, 6) is 0. The molecule has 1 aromatic heterocycles. The quantitative estimate of drug-likeness (QED) is 0.829. The number of aromatic nitrogens is 3. The number of ether oxygens (including phenoxy) is 1. The number of nitrogens with zero attached hydrogens (tertiary/aromatic N) is 3. The fraction of sp³-hybridized carbons (Fsp3) is 0.357. The van der Waals surface area contributed by atoms with Crippen LogP contribution in [0.3, 0.4) is 0 Å². The molecule has 7 nitrogen and oxygen atoms in total. The molecule has 1 atom stereocenters. The van der Waals surface area contributed by atoms with Crippen LogP contribution in [0, 0.1) is 0 Å². The monoisotopic (exact) mass is 289 g/mol. The molecular weight excluding hydrogens is 270 g/mol. The molecule has 0 aliphatic rings. The van der Waals surface area contributed by atoms with Gasteiger partial charge in [-0.1, -0.05) is 35.5 Å². The van der Waals surface area contributed by atoms with E-state index < -0.39 is 6.09 Å². The molecule has 0 unspecified atom stereocenters. The number of alkyl carbamates (subject to hydrolysis) is 1. The molecular formula is C14H19N5O2. The van der Waals surface area contributed by atoms with E-state index in [9.17, 15) is 4.79 Å². The van der Waals surface area contributed by atoms with E-state index in [0.717, 1.165) is 5.56 Å². The van der Waals surface area contributed by atoms with Crippen molar-refractivity contribution in [1.29, 1.82) is 0 Å². The maximum Gasteiger partial charge on any atom is 0.407 e. The fourth-order valence-corrected chi connectivity index (χ4v) is 1.81. The molecule has 1 heterocycles. The van der Waals surface area contributed by atoms with Gasteiger partial charge >= 0.3 is 6.09 Å². The van der Waals surface area contributed by atoms with Gasteiger partial charge < -0.3 is 15.8 Å². The Morgan fingerprint density at radius 1 is 1.43 bits per heavy atom. The van der Waals surface area contributed by atoms with Crippen molar-refractivity contribution in [2.45, 2.75) is 32.7 Å². The predicted molar refractivity (Wildman–Crippen MR) is 77.1 cm³/mol. The average Bonchev–Trinajstić information content (AvgIpc) is 2.93. The Labute approximate surface area is 123 Å². The highest BCUT2D eigenvalue weighted by molar-refractivity contribution is 5.67. The van der Waals surface area contributed by atoms with Gasteiger partial charge in [0.05, 0.1) is 12.2 Å². The molecule has 2 aromatic rings. The summed E-state index contributed by atoms with van der Waals surface area (Å²) in [6, 6.07) is 9.40. The summed E-state index contributed by atoms with van der Waals surface area (Å²) >= 11 is 0. The summed E-state index contributed by atoms with van der Waals surface area (Å²) in [6.07, 6.45) is 1.30. The first-order valence-electron chi connectivity index (χ1n) is 6.73. The van der Waals surface area contributed by atoms with E-state index >= 15 is 0 Å². The van der Waals surface area contributed by atoms with Gasteiger partial charge in [0.2, 0.25) is 0 Å². The number of benzene rings is 1. The molecule has 0 aliphatic heterocycles. The third-order valence-electron chi connectivity index (χ3n) is 2.83. The van der Waals surface area contributed by atoms with Crippen molar-refractivity contribution in [2.75, 3.05) is 0 Å². The summed E-state index contributed by atoms with van der Waals surface area (Å²) in [5, 5.41) is 10.6. The molecule has 3 N–H and O–H groups in total. The van der Waals surface area contributed by atoms with Crippen molar-refractivity contribution in [2.24, 2.45) is 5.73 Å². The highest BCUT2D eigenvalue weighted by Crippen LogP contribution is 2.01. The van der Waals surface area contributed by atoms with Crippen molar-refractivity contribution < 1.29 is 9.53 Å². The highest BCUT2D eigenvalue weighted by Gasteiger charge is 2.10. The number of carbonyl (C=O) groups is 1. The maximum absolute atomic E-state index is 11.7. The van der Waals surface area contributed by atoms with Gasteiger partial charge in [0, 0.05) is 18.8 Å². The van der Waals surface area contributed by atoms with Gasteiger partial charge in [0.1, 0.15) is 6.61 Å². The minimum absolute atomic E-state index is 0.124. The Balaban J connectivity index is 1.74. The van der Waals surface area contributed by atoms with Gasteiger partial charge in [-0.15, -0.1) is 5.10 Å². The summed E-state index contributed by atoms with van der Waals surface area (Å²) in [6.45, 7) is 2.97. The van der Waals surface area contributed by atoms with E-state index in [0.29, 0.717) is 18.8 Å². The van der Waals surface area contributed by atoms with Crippen LogP contribution in [0.1, 0.15) is 18.2 Å². The van der Waals surface area contributed by atoms with Crippen molar-refractivity contribution in [3.8, 4) is 0 Å². The van der Waals surface area contributed by atoms with Gasteiger partial charge in [-0.3, -0.25) is 4.68 Å². The van der Waals surface area contributed by atoms with E-state index in [1.807, 2.05) is 37.3 Å². The van der Waals surface area contributed by atoms with Crippen LogP contribution in [0.2, 0.25) is 0 Å². The zero-order chi connectivity index (χ0) is 15.1. The molecule has 21 heavy (non-hydrogen) atoms. The second kappa shape index (κ2) is 7.39. The second-order valence-corrected chi connectivity index (χ2v) is 4.74. The van der Waals surface area contributed by atoms with E-state index in [2.05, 4.69) is 15.6 Å². The minimum Gasteiger partial charge on any atom is -0.445 e. The molecule has 0 saturated heterocycles. The molecule has 1 amide bonds. The van der Waals surface area contributed by atoms with Gasteiger partial charge in [-0.25, -0.2) is 4.79 Å². The first-order valence-corrected chi connectivity index (χ1v) is 6.73. The lowest BCUT2D eigenvalue weighted by Crippen LogP contribution is -2.36. The Bertz CT molecular complexity index is 570. The highest BCUT2D eigenvalue weighted by atomic mass is 16.5. The van der Waals surface area contributed by atoms with E-state index in [-0.39, 0.29) is 12.6 Å². The van der Waals surface area contributed by atoms with Crippen LogP contribution < -0.4 is 11.1 Å². The zero-order valence-electron chi connectivity index (χ0n) is 11.9. The van der Waals surface area contributed by atoms with Crippen molar-refractivity contribution in [3.05, 3.63) is 47.8 Å². The van der Waals surface area contributed by atoms with Crippen molar-refractivity contribution in [3.63, 3.8) is 0 Å². The number of hydrogen-bond acceptors (Lipinski definition) is 5. The van der Waals surface area contributed by atoms with Crippen LogP contribution in [-0.2, 0) is 24.4 Å². The van der Waals surface area contributed by atoms with Crippen LogP contribution in [0.25, 0.3) is 0 Å². The normalized spacial score (nSPS) is 11.9. The SMILES string of the molecule is C[C@H](Cn1cc(CN)nn1)NC(=O)OCc1ccccc1.